The van der Waals surface area contributed by atoms with Gasteiger partial charge >= 0.3 is 5.97 Å². The monoisotopic (exact) mass is 259 g/mol. The Balaban J connectivity index is 3.07. The lowest BCUT2D eigenvalue weighted by molar-refractivity contribution is -0.385. The summed E-state index contributed by atoms with van der Waals surface area (Å²) >= 11 is 0. The molecular weight excluding hydrogens is 248 g/mol. The molecule has 0 heterocycles. The van der Waals surface area contributed by atoms with Crippen LogP contribution in [0.2, 0.25) is 0 Å². The van der Waals surface area contributed by atoms with Gasteiger partial charge in [-0.3, -0.25) is 14.9 Å². The molecule has 0 N–H and O–H groups in total. The third kappa shape index (κ3) is 3.47. The molecular formula is C11H11F2NO4. The zero-order valence-electron chi connectivity index (χ0n) is 9.56. The van der Waals surface area contributed by atoms with E-state index >= 15 is 0 Å². The maximum Gasteiger partial charge on any atom is 0.310 e. The Hall–Kier alpha value is -2.05. The summed E-state index contributed by atoms with van der Waals surface area (Å²) < 4.78 is 29.6. The Bertz CT molecular complexity index is 462. The Morgan fingerprint density at radius 1 is 1.50 bits per heavy atom. The van der Waals surface area contributed by atoms with Crippen molar-refractivity contribution in [3.8, 4) is 0 Å². The van der Waals surface area contributed by atoms with Gasteiger partial charge in [0, 0.05) is 17.2 Å². The molecule has 7 heteroatoms. The quantitative estimate of drug-likeness (QED) is 0.463. The molecule has 0 aliphatic heterocycles. The lowest BCUT2D eigenvalue weighted by Crippen LogP contribution is -2.09. The van der Waals surface area contributed by atoms with Gasteiger partial charge < -0.3 is 4.74 Å². The number of nitro groups is 1. The molecule has 0 aromatic heterocycles. The van der Waals surface area contributed by atoms with Gasteiger partial charge in [0.25, 0.3) is 12.1 Å². The van der Waals surface area contributed by atoms with Gasteiger partial charge in [0.2, 0.25) is 0 Å². The molecule has 0 saturated carbocycles. The maximum atomic E-state index is 12.5. The van der Waals surface area contributed by atoms with Crippen molar-refractivity contribution >= 4 is 11.7 Å². The molecule has 0 aliphatic rings. The van der Waals surface area contributed by atoms with E-state index in [9.17, 15) is 23.7 Å². The van der Waals surface area contributed by atoms with Crippen LogP contribution in [0.4, 0.5) is 14.5 Å². The highest BCUT2D eigenvalue weighted by Crippen LogP contribution is 2.26. The standard InChI is InChI=1S/C11H11F2NO4/c1-2-18-10(15)6-8-5-7(11(12)13)3-4-9(8)14(16)17/h3-5,11H,2,6H2,1H3. The van der Waals surface area contributed by atoms with E-state index in [0.717, 1.165) is 18.2 Å². The average molecular weight is 259 g/mol. The van der Waals surface area contributed by atoms with Gasteiger partial charge in [0.05, 0.1) is 18.0 Å². The van der Waals surface area contributed by atoms with Crippen LogP contribution in [0.25, 0.3) is 0 Å². The van der Waals surface area contributed by atoms with Crippen LogP contribution in [0, 0.1) is 10.1 Å². The number of nitro benzene ring substituents is 1. The van der Waals surface area contributed by atoms with Crippen molar-refractivity contribution in [1.82, 2.24) is 0 Å². The average Bonchev–Trinajstić information content (AvgIpc) is 2.28. The van der Waals surface area contributed by atoms with Gasteiger partial charge in [0.15, 0.2) is 0 Å². The Morgan fingerprint density at radius 2 is 2.17 bits per heavy atom. The van der Waals surface area contributed by atoms with E-state index in [1.165, 1.54) is 0 Å². The van der Waals surface area contributed by atoms with Crippen LogP contribution < -0.4 is 0 Å². The molecule has 0 radical (unpaired) electrons. The van der Waals surface area contributed by atoms with Gasteiger partial charge in [-0.15, -0.1) is 0 Å². The second kappa shape index (κ2) is 6.04. The molecule has 1 aromatic rings. The van der Waals surface area contributed by atoms with Crippen molar-refractivity contribution in [2.45, 2.75) is 19.8 Å². The number of carbonyl (C=O) groups is 1. The molecule has 0 aliphatic carbocycles. The van der Waals surface area contributed by atoms with Gasteiger partial charge in [-0.05, 0) is 19.1 Å². The minimum Gasteiger partial charge on any atom is -0.466 e. The molecule has 0 bridgehead atoms. The first-order valence-electron chi connectivity index (χ1n) is 5.16. The summed E-state index contributed by atoms with van der Waals surface area (Å²) in [6.45, 7) is 1.71. The van der Waals surface area contributed by atoms with E-state index in [1.807, 2.05) is 0 Å². The third-order valence-electron chi connectivity index (χ3n) is 2.19. The predicted molar refractivity (Wildman–Crippen MR) is 58.4 cm³/mol. The van der Waals surface area contributed by atoms with Crippen LogP contribution in [0.3, 0.4) is 0 Å². The van der Waals surface area contributed by atoms with Gasteiger partial charge in [0.1, 0.15) is 0 Å². The molecule has 5 nitrogen and oxygen atoms in total. The van der Waals surface area contributed by atoms with Crippen LogP contribution in [0.5, 0.6) is 0 Å². The molecule has 0 spiro atoms. The summed E-state index contributed by atoms with van der Waals surface area (Å²) in [5.74, 6) is -0.688. The van der Waals surface area contributed by atoms with Gasteiger partial charge in [-0.25, -0.2) is 8.78 Å². The summed E-state index contributed by atoms with van der Waals surface area (Å²) in [6.07, 6.45) is -3.14. The number of hydrogen-bond acceptors (Lipinski definition) is 4. The summed E-state index contributed by atoms with van der Waals surface area (Å²) in [5, 5.41) is 10.7. The number of rotatable bonds is 5. The lowest BCUT2D eigenvalue weighted by atomic mass is 10.1. The van der Waals surface area contributed by atoms with Crippen molar-refractivity contribution < 1.29 is 23.2 Å². The molecule has 1 rings (SSSR count). The highest BCUT2D eigenvalue weighted by atomic mass is 19.3. The Labute approximate surface area is 102 Å². The lowest BCUT2D eigenvalue weighted by Gasteiger charge is -2.06. The molecule has 1 aromatic carbocycles. The van der Waals surface area contributed by atoms with Gasteiger partial charge in [-0.1, -0.05) is 0 Å². The Morgan fingerprint density at radius 3 is 2.67 bits per heavy atom. The van der Waals surface area contributed by atoms with Crippen LogP contribution in [-0.2, 0) is 16.0 Å². The van der Waals surface area contributed by atoms with Crippen LogP contribution >= 0.6 is 0 Å². The van der Waals surface area contributed by atoms with E-state index in [0.29, 0.717) is 0 Å². The zero-order chi connectivity index (χ0) is 13.7. The molecule has 18 heavy (non-hydrogen) atoms. The second-order valence-electron chi connectivity index (χ2n) is 3.43. The fourth-order valence-electron chi connectivity index (χ4n) is 1.43. The fraction of sp³-hybridized carbons (Fsp3) is 0.364. The largest absolute Gasteiger partial charge is 0.466 e. The van der Waals surface area contributed by atoms with Crippen LogP contribution in [0.15, 0.2) is 18.2 Å². The van der Waals surface area contributed by atoms with Crippen molar-refractivity contribution in [1.29, 1.82) is 0 Å². The fourth-order valence-corrected chi connectivity index (χ4v) is 1.43. The number of ether oxygens (including phenoxy) is 1. The first-order chi connectivity index (χ1) is 8.45. The summed E-state index contributed by atoms with van der Waals surface area (Å²) in [6, 6.07) is 2.90. The number of nitrogens with zero attached hydrogens (tertiary/aromatic N) is 1. The molecule has 0 saturated heterocycles. The number of carbonyl (C=O) groups excluding carboxylic acids is 1. The van der Waals surface area contributed by atoms with E-state index < -0.39 is 23.7 Å². The topological polar surface area (TPSA) is 69.4 Å². The molecule has 0 fully saturated rings. The molecule has 0 amide bonds. The maximum absolute atomic E-state index is 12.5. The molecule has 0 atom stereocenters. The summed E-state index contributed by atoms with van der Waals surface area (Å²) in [4.78, 5) is 21.2. The minimum atomic E-state index is -2.74. The van der Waals surface area contributed by atoms with E-state index in [2.05, 4.69) is 4.74 Å². The van der Waals surface area contributed by atoms with E-state index in [1.54, 1.807) is 6.92 Å². The third-order valence-corrected chi connectivity index (χ3v) is 2.19. The first kappa shape index (κ1) is 14.0. The zero-order valence-corrected chi connectivity index (χ0v) is 9.56. The number of benzene rings is 1. The molecule has 0 unspecified atom stereocenters. The number of hydrogen-bond donors (Lipinski definition) is 0. The normalized spacial score (nSPS) is 10.4. The van der Waals surface area contributed by atoms with E-state index in [-0.39, 0.29) is 23.4 Å². The SMILES string of the molecule is CCOC(=O)Cc1cc(C(F)F)ccc1[N+](=O)[O-]. The molecule has 98 valence electrons. The summed E-state index contributed by atoms with van der Waals surface area (Å²) in [7, 11) is 0. The predicted octanol–water partition coefficient (Wildman–Crippen LogP) is 2.64. The number of alkyl halides is 2. The van der Waals surface area contributed by atoms with Crippen molar-refractivity contribution in [3.05, 3.63) is 39.4 Å². The second-order valence-corrected chi connectivity index (χ2v) is 3.43. The summed E-state index contributed by atoms with van der Waals surface area (Å²) in [5.41, 5.74) is -0.802. The van der Waals surface area contributed by atoms with Crippen molar-refractivity contribution in [2.24, 2.45) is 0 Å². The van der Waals surface area contributed by atoms with Crippen molar-refractivity contribution in [3.63, 3.8) is 0 Å². The number of esters is 1. The van der Waals surface area contributed by atoms with Crippen molar-refractivity contribution in [2.75, 3.05) is 6.61 Å². The highest BCUT2D eigenvalue weighted by molar-refractivity contribution is 5.74. The highest BCUT2D eigenvalue weighted by Gasteiger charge is 2.20. The minimum absolute atomic E-state index is 0.0729. The van der Waals surface area contributed by atoms with E-state index in [4.69, 9.17) is 0 Å². The first-order valence-corrected chi connectivity index (χ1v) is 5.16. The van der Waals surface area contributed by atoms with Crippen LogP contribution in [0.1, 0.15) is 24.5 Å². The van der Waals surface area contributed by atoms with Gasteiger partial charge in [-0.2, -0.15) is 0 Å². The van der Waals surface area contributed by atoms with Crippen LogP contribution in [-0.4, -0.2) is 17.5 Å². The Kier molecular flexibility index (Phi) is 4.70. The number of halogens is 2. The smallest absolute Gasteiger partial charge is 0.310 e.